The van der Waals surface area contributed by atoms with Gasteiger partial charge < -0.3 is 14.6 Å². The highest BCUT2D eigenvalue weighted by atomic mass is 16.9. The van der Waals surface area contributed by atoms with Crippen molar-refractivity contribution in [3.8, 4) is 0 Å². The highest BCUT2D eigenvalue weighted by molar-refractivity contribution is 5.77. The van der Waals surface area contributed by atoms with E-state index in [1.165, 1.54) is 70.6 Å². The van der Waals surface area contributed by atoms with Gasteiger partial charge in [-0.2, -0.15) is 0 Å². The van der Waals surface area contributed by atoms with Gasteiger partial charge in [0.25, 0.3) is 0 Å². The Morgan fingerprint density at radius 1 is 0.905 bits per heavy atom. The standard InChI is InChI=1S/C17H28O4/c18-16(19)15-17(21-15)14(20-17)12-13-10-8-6-4-2-1-3-5-7-9-11-13/h13-15H,1-12H2,(H,18,19). The van der Waals surface area contributed by atoms with Gasteiger partial charge in [0.2, 0.25) is 11.9 Å². The monoisotopic (exact) mass is 296 g/mol. The molecule has 1 aliphatic carbocycles. The summed E-state index contributed by atoms with van der Waals surface area (Å²) in [6.45, 7) is 0. The van der Waals surface area contributed by atoms with E-state index < -0.39 is 17.9 Å². The Labute approximate surface area is 127 Å². The number of aliphatic carboxylic acids is 1. The Morgan fingerprint density at radius 3 is 1.90 bits per heavy atom. The molecular weight excluding hydrogens is 268 g/mol. The van der Waals surface area contributed by atoms with Crippen LogP contribution in [0.1, 0.15) is 77.0 Å². The van der Waals surface area contributed by atoms with Crippen LogP contribution in [0.2, 0.25) is 0 Å². The van der Waals surface area contributed by atoms with Crippen molar-refractivity contribution in [2.24, 2.45) is 5.92 Å². The molecule has 0 amide bonds. The first kappa shape index (κ1) is 15.3. The molecule has 2 heterocycles. The molecule has 0 bridgehead atoms. The summed E-state index contributed by atoms with van der Waals surface area (Å²) in [6.07, 6.45) is 15.2. The normalized spacial score (nSPS) is 38.5. The second-order valence-corrected chi connectivity index (χ2v) is 7.03. The fraction of sp³-hybridized carbons (Fsp3) is 0.941. The molecule has 3 atom stereocenters. The number of carboxylic acid groups (broad SMARTS) is 1. The van der Waals surface area contributed by atoms with Crippen molar-refractivity contribution < 1.29 is 19.4 Å². The van der Waals surface area contributed by atoms with Gasteiger partial charge in [0.05, 0.1) is 0 Å². The molecule has 3 rings (SSSR count). The van der Waals surface area contributed by atoms with Gasteiger partial charge >= 0.3 is 5.97 Å². The molecule has 0 radical (unpaired) electrons. The van der Waals surface area contributed by atoms with Gasteiger partial charge in [-0.05, 0) is 12.3 Å². The number of hydrogen-bond acceptors (Lipinski definition) is 3. The number of carbonyl (C=O) groups is 1. The van der Waals surface area contributed by atoms with Crippen molar-refractivity contribution in [1.29, 1.82) is 0 Å². The second-order valence-electron chi connectivity index (χ2n) is 7.03. The van der Waals surface area contributed by atoms with E-state index in [9.17, 15) is 4.79 Å². The molecule has 0 aromatic heterocycles. The van der Waals surface area contributed by atoms with E-state index in [1.807, 2.05) is 0 Å². The average Bonchev–Trinajstić information content (AvgIpc) is 3.32. The summed E-state index contributed by atoms with van der Waals surface area (Å²) in [6, 6.07) is 0. The van der Waals surface area contributed by atoms with Gasteiger partial charge in [0.15, 0.2) is 0 Å². The zero-order chi connectivity index (χ0) is 14.7. The van der Waals surface area contributed by atoms with Gasteiger partial charge in [-0.1, -0.05) is 70.6 Å². The van der Waals surface area contributed by atoms with Gasteiger partial charge in [-0.25, -0.2) is 4.79 Å². The van der Waals surface area contributed by atoms with Crippen molar-refractivity contribution >= 4 is 5.97 Å². The van der Waals surface area contributed by atoms with Gasteiger partial charge in [-0.15, -0.1) is 0 Å². The molecule has 2 saturated heterocycles. The minimum atomic E-state index is -0.879. The molecule has 0 aromatic rings. The Morgan fingerprint density at radius 2 is 1.43 bits per heavy atom. The van der Waals surface area contributed by atoms with Crippen LogP contribution >= 0.6 is 0 Å². The van der Waals surface area contributed by atoms with E-state index in [1.54, 1.807) is 0 Å². The predicted molar refractivity (Wildman–Crippen MR) is 79.0 cm³/mol. The molecule has 3 unspecified atom stereocenters. The Kier molecular flexibility index (Phi) is 4.85. The van der Waals surface area contributed by atoms with Crippen molar-refractivity contribution in [2.75, 3.05) is 0 Å². The van der Waals surface area contributed by atoms with E-state index in [0.29, 0.717) is 5.92 Å². The van der Waals surface area contributed by atoms with Gasteiger partial charge in [0, 0.05) is 0 Å². The first-order valence-corrected chi connectivity index (χ1v) is 8.81. The van der Waals surface area contributed by atoms with Crippen LogP contribution in [-0.4, -0.2) is 29.1 Å². The number of hydrogen-bond donors (Lipinski definition) is 1. The summed E-state index contributed by atoms with van der Waals surface area (Å²) in [7, 11) is 0. The first-order valence-electron chi connectivity index (χ1n) is 8.81. The van der Waals surface area contributed by atoms with E-state index in [-0.39, 0.29) is 6.10 Å². The summed E-state index contributed by atoms with van der Waals surface area (Å²) in [5.41, 5.74) is 0. The largest absolute Gasteiger partial charge is 0.479 e. The summed E-state index contributed by atoms with van der Waals surface area (Å²) in [5.74, 6) is -0.904. The summed E-state index contributed by atoms with van der Waals surface area (Å²) in [5, 5.41) is 8.96. The number of ether oxygens (including phenoxy) is 2. The van der Waals surface area contributed by atoms with Crippen LogP contribution in [0.5, 0.6) is 0 Å². The minimum Gasteiger partial charge on any atom is -0.479 e. The fourth-order valence-corrected chi connectivity index (χ4v) is 3.89. The van der Waals surface area contributed by atoms with Gasteiger partial charge in [-0.3, -0.25) is 0 Å². The van der Waals surface area contributed by atoms with Crippen molar-refractivity contribution in [3.63, 3.8) is 0 Å². The van der Waals surface area contributed by atoms with Crippen LogP contribution in [-0.2, 0) is 14.3 Å². The third-order valence-corrected chi connectivity index (χ3v) is 5.32. The SMILES string of the molecule is O=C(O)C1OC12OC2CC1CCCCCCCCCCC1. The van der Waals surface area contributed by atoms with E-state index in [4.69, 9.17) is 14.6 Å². The van der Waals surface area contributed by atoms with Crippen LogP contribution in [0.4, 0.5) is 0 Å². The zero-order valence-corrected chi connectivity index (χ0v) is 12.9. The third-order valence-electron chi connectivity index (χ3n) is 5.32. The molecule has 1 spiro atoms. The third kappa shape index (κ3) is 3.78. The van der Waals surface area contributed by atoms with Crippen LogP contribution < -0.4 is 0 Å². The average molecular weight is 296 g/mol. The minimum absolute atomic E-state index is 0.0384. The van der Waals surface area contributed by atoms with Crippen molar-refractivity contribution in [3.05, 3.63) is 0 Å². The molecule has 4 heteroatoms. The maximum atomic E-state index is 10.9. The molecule has 21 heavy (non-hydrogen) atoms. The topological polar surface area (TPSA) is 62.4 Å². The van der Waals surface area contributed by atoms with Crippen molar-refractivity contribution in [1.82, 2.24) is 0 Å². The van der Waals surface area contributed by atoms with E-state index in [2.05, 4.69) is 0 Å². The maximum Gasteiger partial charge on any atom is 0.338 e. The lowest BCUT2D eigenvalue weighted by Gasteiger charge is -2.16. The Balaban J connectivity index is 1.43. The number of carboxylic acids is 1. The quantitative estimate of drug-likeness (QED) is 0.803. The number of epoxide rings is 2. The molecule has 2 aliphatic heterocycles. The first-order chi connectivity index (χ1) is 10.2. The summed E-state index contributed by atoms with van der Waals surface area (Å²) in [4.78, 5) is 10.9. The summed E-state index contributed by atoms with van der Waals surface area (Å²) >= 11 is 0. The molecular formula is C17H28O4. The molecule has 3 aliphatic rings. The van der Waals surface area contributed by atoms with Crippen LogP contribution in [0.3, 0.4) is 0 Å². The molecule has 1 N–H and O–H groups in total. The molecule has 3 fully saturated rings. The Hall–Kier alpha value is -0.610. The predicted octanol–water partition coefficient (Wildman–Crippen LogP) is 3.88. The van der Waals surface area contributed by atoms with E-state index >= 15 is 0 Å². The lowest BCUT2D eigenvalue weighted by molar-refractivity contribution is -0.138. The number of rotatable bonds is 3. The van der Waals surface area contributed by atoms with Crippen molar-refractivity contribution in [2.45, 2.75) is 95.0 Å². The van der Waals surface area contributed by atoms with Crippen LogP contribution in [0, 0.1) is 5.92 Å². The zero-order valence-electron chi connectivity index (χ0n) is 12.9. The van der Waals surface area contributed by atoms with Gasteiger partial charge in [0.1, 0.15) is 6.10 Å². The molecule has 120 valence electrons. The van der Waals surface area contributed by atoms with Crippen LogP contribution in [0.25, 0.3) is 0 Å². The second kappa shape index (κ2) is 6.66. The molecule has 4 nitrogen and oxygen atoms in total. The lowest BCUT2D eigenvalue weighted by Crippen LogP contribution is -2.13. The Bertz CT molecular complexity index is 358. The van der Waals surface area contributed by atoms with E-state index in [0.717, 1.165) is 6.42 Å². The smallest absolute Gasteiger partial charge is 0.338 e. The molecule has 1 saturated carbocycles. The highest BCUT2D eigenvalue weighted by Crippen LogP contribution is 2.57. The highest BCUT2D eigenvalue weighted by Gasteiger charge is 2.79. The molecule has 0 aromatic carbocycles. The lowest BCUT2D eigenvalue weighted by atomic mass is 9.89. The summed E-state index contributed by atoms with van der Waals surface area (Å²) < 4.78 is 10.8. The fourth-order valence-electron chi connectivity index (χ4n) is 3.89. The maximum absolute atomic E-state index is 10.9. The van der Waals surface area contributed by atoms with Crippen LogP contribution in [0.15, 0.2) is 0 Å².